The van der Waals surface area contributed by atoms with Gasteiger partial charge in [-0.1, -0.05) is 12.1 Å². The highest BCUT2D eigenvalue weighted by molar-refractivity contribution is 5.90. The molecule has 2 heterocycles. The Morgan fingerprint density at radius 3 is 3.00 bits per heavy atom. The fourth-order valence-corrected chi connectivity index (χ4v) is 3.25. The number of carboxylic acids is 1. The van der Waals surface area contributed by atoms with Crippen molar-refractivity contribution < 1.29 is 14.6 Å². The second-order valence-electron chi connectivity index (χ2n) is 6.33. The van der Waals surface area contributed by atoms with Crippen LogP contribution in [-0.2, 0) is 13.5 Å². The minimum atomic E-state index is -0.955. The van der Waals surface area contributed by atoms with Gasteiger partial charge in [0.05, 0.1) is 6.20 Å². The molecule has 0 saturated carbocycles. The van der Waals surface area contributed by atoms with Crippen LogP contribution in [0.5, 0.6) is 5.75 Å². The Morgan fingerprint density at radius 1 is 1.42 bits per heavy atom. The molecule has 0 aliphatic carbocycles. The van der Waals surface area contributed by atoms with Crippen LogP contribution in [0.2, 0.25) is 0 Å². The van der Waals surface area contributed by atoms with Crippen LogP contribution in [0.1, 0.15) is 22.3 Å². The van der Waals surface area contributed by atoms with Crippen LogP contribution in [0, 0.1) is 5.92 Å². The summed E-state index contributed by atoms with van der Waals surface area (Å²) in [6.45, 7) is 3.44. The molecule has 1 aliphatic rings. The second-order valence-corrected chi connectivity index (χ2v) is 6.33. The quantitative estimate of drug-likeness (QED) is 0.842. The zero-order valence-electron chi connectivity index (χ0n) is 13.9. The normalized spacial score (nSPS) is 18.0. The molecule has 6 nitrogen and oxygen atoms in total. The average Bonchev–Trinajstić information content (AvgIpc) is 3.17. The minimum absolute atomic E-state index is 0.216. The first-order valence-electron chi connectivity index (χ1n) is 8.27. The summed E-state index contributed by atoms with van der Waals surface area (Å²) in [6.07, 6.45) is 6.26. The largest absolute Gasteiger partial charge is 0.491 e. The number of benzene rings is 1. The molecule has 1 N–H and O–H groups in total. The predicted molar refractivity (Wildman–Crippen MR) is 90.4 cm³/mol. The third-order valence-electron chi connectivity index (χ3n) is 4.44. The van der Waals surface area contributed by atoms with Crippen molar-refractivity contribution in [2.75, 3.05) is 26.2 Å². The zero-order chi connectivity index (χ0) is 16.9. The Labute approximate surface area is 141 Å². The summed E-state index contributed by atoms with van der Waals surface area (Å²) < 4.78 is 7.52. The Morgan fingerprint density at radius 2 is 2.25 bits per heavy atom. The summed E-state index contributed by atoms with van der Waals surface area (Å²) in [4.78, 5) is 13.5. The molecule has 0 radical (unpaired) electrons. The number of rotatable bonds is 7. The third kappa shape index (κ3) is 4.14. The first-order chi connectivity index (χ1) is 11.6. The number of ether oxygens (including phenoxy) is 1. The molecule has 1 atom stereocenters. The van der Waals surface area contributed by atoms with Crippen LogP contribution in [-0.4, -0.2) is 52.0 Å². The van der Waals surface area contributed by atoms with E-state index >= 15 is 0 Å². The number of aromatic nitrogens is 2. The van der Waals surface area contributed by atoms with E-state index in [1.165, 1.54) is 12.0 Å². The molecule has 2 aromatic rings. The Bertz CT molecular complexity index is 698. The summed E-state index contributed by atoms with van der Waals surface area (Å²) in [6, 6.07) is 6.78. The van der Waals surface area contributed by atoms with Gasteiger partial charge in [0.1, 0.15) is 17.9 Å². The van der Waals surface area contributed by atoms with Gasteiger partial charge in [-0.2, -0.15) is 5.10 Å². The molecular formula is C18H23N3O3. The Kier molecular flexibility index (Phi) is 5.15. The molecule has 1 fully saturated rings. The van der Waals surface area contributed by atoms with Crippen LogP contribution in [0.4, 0.5) is 0 Å². The lowest BCUT2D eigenvalue weighted by molar-refractivity contribution is 0.0691. The van der Waals surface area contributed by atoms with Gasteiger partial charge >= 0.3 is 5.97 Å². The molecule has 1 unspecified atom stereocenters. The van der Waals surface area contributed by atoms with E-state index in [0.29, 0.717) is 18.3 Å². The molecule has 1 saturated heterocycles. The average molecular weight is 329 g/mol. The van der Waals surface area contributed by atoms with Crippen LogP contribution < -0.4 is 4.74 Å². The van der Waals surface area contributed by atoms with Crippen molar-refractivity contribution in [3.05, 3.63) is 47.8 Å². The molecule has 24 heavy (non-hydrogen) atoms. The van der Waals surface area contributed by atoms with Crippen molar-refractivity contribution in [3.63, 3.8) is 0 Å². The topological polar surface area (TPSA) is 67.6 Å². The number of aromatic carboxylic acids is 1. The van der Waals surface area contributed by atoms with Crippen molar-refractivity contribution in [1.29, 1.82) is 0 Å². The first-order valence-corrected chi connectivity index (χ1v) is 8.27. The molecule has 3 rings (SSSR count). The van der Waals surface area contributed by atoms with Gasteiger partial charge in [-0.3, -0.25) is 9.58 Å². The zero-order valence-corrected chi connectivity index (χ0v) is 13.9. The van der Waals surface area contributed by atoms with Crippen LogP contribution in [0.15, 0.2) is 36.7 Å². The van der Waals surface area contributed by atoms with Gasteiger partial charge in [-0.05, 0) is 43.0 Å². The number of carboxylic acid groups (broad SMARTS) is 1. The lowest BCUT2D eigenvalue weighted by Crippen LogP contribution is -2.26. The van der Waals surface area contributed by atoms with Gasteiger partial charge in [-0.25, -0.2) is 4.79 Å². The second kappa shape index (κ2) is 7.49. The standard InChI is InChI=1S/C18H23N3O3/c1-20-12-15(11-19-20)10-14-6-7-21(13-14)8-9-24-17-5-3-2-4-16(17)18(22)23/h2-5,11-12,14H,6-10,13H2,1H3,(H,22,23). The van der Waals surface area contributed by atoms with E-state index in [1.54, 1.807) is 24.3 Å². The van der Waals surface area contributed by atoms with Crippen LogP contribution in [0.3, 0.4) is 0 Å². The van der Waals surface area contributed by atoms with Gasteiger partial charge < -0.3 is 9.84 Å². The monoisotopic (exact) mass is 329 g/mol. The maximum atomic E-state index is 11.2. The van der Waals surface area contributed by atoms with E-state index in [9.17, 15) is 4.79 Å². The summed E-state index contributed by atoms with van der Waals surface area (Å²) in [5.74, 6) is 0.139. The van der Waals surface area contributed by atoms with Crippen LogP contribution >= 0.6 is 0 Å². The number of hydrogen-bond donors (Lipinski definition) is 1. The summed E-state index contributed by atoms with van der Waals surface area (Å²) in [7, 11) is 1.94. The molecule has 0 amide bonds. The Hall–Kier alpha value is -2.34. The number of nitrogens with zero attached hydrogens (tertiary/aromatic N) is 3. The molecular weight excluding hydrogens is 306 g/mol. The van der Waals surface area contributed by atoms with Crippen molar-refractivity contribution >= 4 is 5.97 Å². The van der Waals surface area contributed by atoms with E-state index < -0.39 is 5.97 Å². The van der Waals surface area contributed by atoms with Crippen molar-refractivity contribution in [2.24, 2.45) is 13.0 Å². The lowest BCUT2D eigenvalue weighted by atomic mass is 10.0. The fraction of sp³-hybridized carbons (Fsp3) is 0.444. The maximum absolute atomic E-state index is 11.2. The number of likely N-dealkylation sites (tertiary alicyclic amines) is 1. The molecule has 1 aromatic heterocycles. The third-order valence-corrected chi connectivity index (χ3v) is 4.44. The summed E-state index contributed by atoms with van der Waals surface area (Å²) in [5, 5.41) is 13.4. The molecule has 128 valence electrons. The Balaban J connectivity index is 1.44. The van der Waals surface area contributed by atoms with Gasteiger partial charge in [0.2, 0.25) is 0 Å². The molecule has 1 aliphatic heterocycles. The molecule has 0 spiro atoms. The van der Waals surface area contributed by atoms with Gasteiger partial charge in [0.25, 0.3) is 0 Å². The van der Waals surface area contributed by atoms with E-state index in [4.69, 9.17) is 9.84 Å². The van der Waals surface area contributed by atoms with Crippen LogP contribution in [0.25, 0.3) is 0 Å². The number of hydrogen-bond acceptors (Lipinski definition) is 4. The minimum Gasteiger partial charge on any atom is -0.491 e. The van der Waals surface area contributed by atoms with Gasteiger partial charge in [-0.15, -0.1) is 0 Å². The lowest BCUT2D eigenvalue weighted by Gasteiger charge is -2.17. The van der Waals surface area contributed by atoms with Crippen molar-refractivity contribution in [1.82, 2.24) is 14.7 Å². The predicted octanol–water partition coefficient (Wildman–Crippen LogP) is 2.06. The highest BCUT2D eigenvalue weighted by Gasteiger charge is 2.23. The number of carbonyl (C=O) groups is 1. The SMILES string of the molecule is Cn1cc(CC2CCN(CCOc3ccccc3C(=O)O)C2)cn1. The smallest absolute Gasteiger partial charge is 0.339 e. The number of aryl methyl sites for hydroxylation is 1. The van der Waals surface area contributed by atoms with Crippen molar-refractivity contribution in [2.45, 2.75) is 12.8 Å². The fourth-order valence-electron chi connectivity index (χ4n) is 3.25. The van der Waals surface area contributed by atoms with Gasteiger partial charge in [0.15, 0.2) is 0 Å². The van der Waals surface area contributed by atoms with E-state index in [-0.39, 0.29) is 5.56 Å². The molecule has 1 aromatic carbocycles. The van der Waals surface area contributed by atoms with E-state index in [0.717, 1.165) is 26.1 Å². The number of para-hydroxylation sites is 1. The summed E-state index contributed by atoms with van der Waals surface area (Å²) >= 11 is 0. The highest BCUT2D eigenvalue weighted by Crippen LogP contribution is 2.21. The first kappa shape index (κ1) is 16.5. The van der Waals surface area contributed by atoms with E-state index in [2.05, 4.69) is 16.2 Å². The maximum Gasteiger partial charge on any atom is 0.339 e. The summed E-state index contributed by atoms with van der Waals surface area (Å²) in [5.41, 5.74) is 1.50. The van der Waals surface area contributed by atoms with Crippen molar-refractivity contribution in [3.8, 4) is 5.75 Å². The molecule has 6 heteroatoms. The van der Waals surface area contributed by atoms with Gasteiger partial charge in [0, 0.05) is 26.3 Å². The molecule has 0 bridgehead atoms. The van der Waals surface area contributed by atoms with E-state index in [1.807, 2.05) is 17.9 Å². The highest BCUT2D eigenvalue weighted by atomic mass is 16.5.